The van der Waals surface area contributed by atoms with Crippen molar-refractivity contribution < 1.29 is 25.4 Å². The van der Waals surface area contributed by atoms with Gasteiger partial charge in [0, 0.05) is 11.1 Å². The van der Waals surface area contributed by atoms with E-state index in [1.54, 1.807) is 42.0 Å². The fourth-order valence-electron chi connectivity index (χ4n) is 4.57. The highest BCUT2D eigenvalue weighted by Gasteiger charge is 2.23. The number of benzene rings is 3. The number of oxime groups is 2. The molecule has 0 fully saturated rings. The highest BCUT2D eigenvalue weighted by molar-refractivity contribution is 8.17. The Morgan fingerprint density at radius 2 is 1.16 bits per heavy atom. The van der Waals surface area contributed by atoms with Gasteiger partial charge in [0.05, 0.1) is 16.9 Å². The largest absolute Gasteiger partial charge is 0.358 e. The molecule has 256 valence electrons. The molecule has 3 aromatic rings. The summed E-state index contributed by atoms with van der Waals surface area (Å²) < 4.78 is 57.5. The first kappa shape index (κ1) is 38.0. The smallest absolute Gasteiger partial charge is 0.267 e. The standard InChI is InChI=1S/C20H16N2O3S2.C16H16N2O3S2/c1-14-7-9-16(10-8-14)27(23,24)25-22-20-18(11-12-26-20)19(13-21)17-6-4-3-5-15(17)2;1-3-10-23(19,20)21-18-16-14(8-9-22-16)15(11-17)13-7-5-4-6-12(13)2/h3-12H,1-2H3;4-9H,3,10H2,1-2H3/b19-18+,22-20-;15-14+,18-16-. The molecule has 2 heterocycles. The van der Waals surface area contributed by atoms with E-state index in [-0.39, 0.29) is 10.6 Å². The van der Waals surface area contributed by atoms with Gasteiger partial charge in [0.1, 0.15) is 27.1 Å². The number of nitriles is 2. The van der Waals surface area contributed by atoms with Gasteiger partial charge >= 0.3 is 20.2 Å². The van der Waals surface area contributed by atoms with E-state index in [1.165, 1.54) is 35.7 Å². The summed E-state index contributed by atoms with van der Waals surface area (Å²) in [4.78, 5) is 0.0262. The molecule has 0 unspecified atom stereocenters. The summed E-state index contributed by atoms with van der Waals surface area (Å²) in [6, 6.07) is 25.7. The van der Waals surface area contributed by atoms with Crippen LogP contribution in [0.5, 0.6) is 0 Å². The van der Waals surface area contributed by atoms with Gasteiger partial charge in [0.2, 0.25) is 0 Å². The van der Waals surface area contributed by atoms with Crippen molar-refractivity contribution >= 4 is 65.0 Å². The molecule has 14 heteroatoms. The van der Waals surface area contributed by atoms with Crippen LogP contribution in [0.4, 0.5) is 0 Å². The van der Waals surface area contributed by atoms with Crippen LogP contribution in [0.2, 0.25) is 0 Å². The topological polar surface area (TPSA) is 159 Å². The predicted octanol–water partition coefficient (Wildman–Crippen LogP) is 8.16. The van der Waals surface area contributed by atoms with E-state index in [0.29, 0.717) is 38.8 Å². The van der Waals surface area contributed by atoms with Gasteiger partial charge < -0.3 is 0 Å². The van der Waals surface area contributed by atoms with Gasteiger partial charge in [-0.15, -0.1) is 0 Å². The summed E-state index contributed by atoms with van der Waals surface area (Å²) in [5.41, 5.74) is 6.38. The Balaban J connectivity index is 0.000000228. The lowest BCUT2D eigenvalue weighted by Gasteiger charge is -2.07. The zero-order valence-electron chi connectivity index (χ0n) is 27.5. The van der Waals surface area contributed by atoms with Crippen LogP contribution in [0.25, 0.3) is 11.1 Å². The van der Waals surface area contributed by atoms with E-state index in [9.17, 15) is 27.4 Å². The molecule has 0 radical (unpaired) electrons. The van der Waals surface area contributed by atoms with Crippen LogP contribution in [0.15, 0.2) is 122 Å². The zero-order chi connectivity index (χ0) is 36.3. The Labute approximate surface area is 301 Å². The van der Waals surface area contributed by atoms with Gasteiger partial charge in [-0.05, 0) is 84.5 Å². The minimum absolute atomic E-state index is 0.0262. The predicted molar refractivity (Wildman–Crippen MR) is 200 cm³/mol. The zero-order valence-corrected chi connectivity index (χ0v) is 30.8. The normalized spacial score (nSPS) is 17.5. The molecular formula is C36H32N4O6S4. The third-order valence-electron chi connectivity index (χ3n) is 7.10. The Kier molecular flexibility index (Phi) is 13.0. The average molecular weight is 745 g/mol. The second-order valence-electron chi connectivity index (χ2n) is 10.7. The number of aryl methyl sites for hydroxylation is 3. The molecule has 0 saturated heterocycles. The lowest BCUT2D eigenvalue weighted by molar-refractivity contribution is 0.339. The van der Waals surface area contributed by atoms with Crippen molar-refractivity contribution in [2.24, 2.45) is 10.3 Å². The van der Waals surface area contributed by atoms with Crippen LogP contribution < -0.4 is 0 Å². The molecule has 3 aromatic carbocycles. The van der Waals surface area contributed by atoms with Crippen LogP contribution in [0.1, 0.15) is 41.2 Å². The number of thioether (sulfide) groups is 2. The Hall–Kier alpha value is -4.86. The molecule has 0 saturated carbocycles. The Bertz CT molecular complexity index is 2260. The second kappa shape index (κ2) is 17.2. The first-order chi connectivity index (χ1) is 23.9. The van der Waals surface area contributed by atoms with Crippen molar-refractivity contribution in [3.63, 3.8) is 0 Å². The van der Waals surface area contributed by atoms with E-state index in [2.05, 4.69) is 22.4 Å². The lowest BCUT2D eigenvalue weighted by atomic mass is 9.97. The maximum atomic E-state index is 12.3. The summed E-state index contributed by atoms with van der Waals surface area (Å²) in [7, 11) is -7.71. The first-order valence-electron chi connectivity index (χ1n) is 15.1. The van der Waals surface area contributed by atoms with Crippen LogP contribution in [-0.4, -0.2) is 32.7 Å². The van der Waals surface area contributed by atoms with E-state index >= 15 is 0 Å². The molecule has 0 aliphatic carbocycles. The van der Waals surface area contributed by atoms with Crippen LogP contribution in [-0.2, 0) is 28.8 Å². The summed E-state index contributed by atoms with van der Waals surface area (Å²) in [5.74, 6) is -0.0934. The van der Waals surface area contributed by atoms with Crippen molar-refractivity contribution in [3.05, 3.63) is 135 Å². The summed E-state index contributed by atoms with van der Waals surface area (Å²) in [6.07, 6.45) is 3.93. The number of allylic oxidation sites excluding steroid dienone is 4. The highest BCUT2D eigenvalue weighted by atomic mass is 32.2. The summed E-state index contributed by atoms with van der Waals surface area (Å²) in [6.45, 7) is 7.44. The second-order valence-corrected chi connectivity index (χ2v) is 15.7. The van der Waals surface area contributed by atoms with Crippen molar-refractivity contribution in [1.29, 1.82) is 10.5 Å². The van der Waals surface area contributed by atoms with Crippen molar-refractivity contribution in [2.75, 3.05) is 5.75 Å². The molecule has 0 N–H and O–H groups in total. The van der Waals surface area contributed by atoms with E-state index < -0.39 is 20.2 Å². The molecular weight excluding hydrogens is 713 g/mol. The molecule has 0 spiro atoms. The maximum Gasteiger partial charge on any atom is 0.358 e. The number of hydrogen-bond acceptors (Lipinski definition) is 12. The van der Waals surface area contributed by atoms with Gasteiger partial charge in [-0.2, -0.15) is 27.4 Å². The fourth-order valence-corrected chi connectivity index (χ4v) is 7.58. The minimum Gasteiger partial charge on any atom is -0.267 e. The van der Waals surface area contributed by atoms with Crippen LogP contribution in [0.3, 0.4) is 0 Å². The summed E-state index contributed by atoms with van der Waals surface area (Å²) in [5, 5.41) is 30.9. The molecule has 2 aliphatic rings. The molecule has 10 nitrogen and oxygen atoms in total. The minimum atomic E-state index is -4.03. The fraction of sp³-hybridized carbons (Fsp3) is 0.167. The van der Waals surface area contributed by atoms with Gasteiger partial charge in [0.15, 0.2) is 0 Å². The molecule has 0 bridgehead atoms. The Morgan fingerprint density at radius 3 is 1.60 bits per heavy atom. The highest BCUT2D eigenvalue weighted by Crippen LogP contribution is 2.33. The molecule has 0 aromatic heterocycles. The SMILES string of the molecule is CCCS(=O)(=O)O/N=C1\SC=C\C1=C(\C#N)c1ccccc1C.Cc1ccc(S(=O)(=O)O/N=C2\SC=C\C2=C(\C#N)c2ccccc2C)cc1. The molecule has 0 amide bonds. The quantitative estimate of drug-likeness (QED) is 0.155. The third-order valence-corrected chi connectivity index (χ3v) is 11.0. The van der Waals surface area contributed by atoms with Gasteiger partial charge in [-0.25, -0.2) is 0 Å². The van der Waals surface area contributed by atoms with E-state index in [4.69, 9.17) is 8.57 Å². The van der Waals surface area contributed by atoms with Crippen molar-refractivity contribution in [1.82, 2.24) is 0 Å². The average Bonchev–Trinajstić information content (AvgIpc) is 3.76. The number of rotatable bonds is 9. The van der Waals surface area contributed by atoms with Crippen molar-refractivity contribution in [3.8, 4) is 12.1 Å². The lowest BCUT2D eigenvalue weighted by Crippen LogP contribution is -2.08. The Morgan fingerprint density at radius 1 is 0.700 bits per heavy atom. The number of nitrogens with zero attached hydrogens (tertiary/aromatic N) is 4. The van der Waals surface area contributed by atoms with E-state index in [1.807, 2.05) is 69.3 Å². The molecule has 0 atom stereocenters. The third kappa shape index (κ3) is 9.64. The monoisotopic (exact) mass is 744 g/mol. The molecule has 5 rings (SSSR count). The van der Waals surface area contributed by atoms with Crippen molar-refractivity contribution in [2.45, 2.75) is 39.0 Å². The number of hydrogen-bond donors (Lipinski definition) is 0. The first-order valence-corrected chi connectivity index (χ1v) is 19.8. The van der Waals surface area contributed by atoms with Gasteiger partial charge in [-0.1, -0.05) is 107 Å². The molecule has 50 heavy (non-hydrogen) atoms. The van der Waals surface area contributed by atoms with E-state index in [0.717, 1.165) is 27.8 Å². The van der Waals surface area contributed by atoms with Crippen LogP contribution >= 0.6 is 23.5 Å². The van der Waals surface area contributed by atoms with Gasteiger partial charge in [0.25, 0.3) is 0 Å². The molecule has 2 aliphatic heterocycles. The van der Waals surface area contributed by atoms with Gasteiger partial charge in [-0.3, -0.25) is 8.57 Å². The maximum absolute atomic E-state index is 12.3. The summed E-state index contributed by atoms with van der Waals surface area (Å²) >= 11 is 2.43. The van der Waals surface area contributed by atoms with Crippen LogP contribution in [0, 0.1) is 43.4 Å².